The molecule has 0 aliphatic carbocycles. The molecule has 1 aliphatic heterocycles. The number of quaternary nitrogens is 1. The minimum Gasteiger partial charge on any atom is -0.506 e. The van der Waals surface area contributed by atoms with E-state index in [1.165, 1.54) is 4.90 Å². The fourth-order valence-corrected chi connectivity index (χ4v) is 3.18. The predicted octanol–water partition coefficient (Wildman–Crippen LogP) is 1.04. The van der Waals surface area contributed by atoms with Crippen molar-refractivity contribution in [1.29, 1.82) is 0 Å². The molecule has 1 fully saturated rings. The van der Waals surface area contributed by atoms with Crippen LogP contribution in [-0.4, -0.2) is 49.8 Å². The molecule has 1 aromatic rings. The molecule has 1 aliphatic rings. The van der Waals surface area contributed by atoms with E-state index >= 15 is 0 Å². The molecule has 2 rings (SSSR count). The third kappa shape index (κ3) is 5.71. The molecule has 0 bridgehead atoms. The Balaban J connectivity index is 1.73. The number of nitrogens with one attached hydrogen (secondary N) is 2. The number of carbonyl (C=O) groups excluding carboxylic acids is 1. The molecule has 3 N–H and O–H groups in total. The number of hydrogen-bond acceptors (Lipinski definition) is 3. The van der Waals surface area contributed by atoms with E-state index in [9.17, 15) is 9.90 Å². The normalized spacial score (nSPS) is 17.1. The van der Waals surface area contributed by atoms with Gasteiger partial charge < -0.3 is 20.2 Å². The maximum Gasteiger partial charge on any atom is 0.275 e. The van der Waals surface area contributed by atoms with Gasteiger partial charge in [-0.3, -0.25) is 4.79 Å². The fourth-order valence-electron chi connectivity index (χ4n) is 3.18. The highest BCUT2D eigenvalue weighted by Gasteiger charge is 2.24. The summed E-state index contributed by atoms with van der Waals surface area (Å²) in [5.41, 5.74) is 0.892. The molecule has 1 atom stereocenters. The van der Waals surface area contributed by atoms with Crippen LogP contribution in [0.3, 0.4) is 0 Å². The summed E-state index contributed by atoms with van der Waals surface area (Å²) < 4.78 is 0. The molecule has 5 heteroatoms. The van der Waals surface area contributed by atoms with Crippen molar-refractivity contribution in [3.63, 3.8) is 0 Å². The second-order valence-electron chi connectivity index (χ2n) is 7.34. The van der Waals surface area contributed by atoms with Gasteiger partial charge in [-0.05, 0) is 37.8 Å². The Morgan fingerprint density at radius 1 is 1.21 bits per heavy atom. The molecule has 5 nitrogen and oxygen atoms in total. The molecule has 24 heavy (non-hydrogen) atoms. The molecule has 0 spiro atoms. The van der Waals surface area contributed by atoms with Gasteiger partial charge in [0, 0.05) is 6.04 Å². The minimum absolute atomic E-state index is 0.150. The predicted molar refractivity (Wildman–Crippen MR) is 97.6 cm³/mol. The monoisotopic (exact) mass is 334 g/mol. The number of anilines is 1. The highest BCUT2D eigenvalue weighted by atomic mass is 16.3. The van der Waals surface area contributed by atoms with E-state index in [1.807, 2.05) is 18.2 Å². The number of phenolic OH excluding ortho intramolecular Hbond substituents is 1. The van der Waals surface area contributed by atoms with E-state index in [0.29, 0.717) is 18.2 Å². The van der Waals surface area contributed by atoms with E-state index in [2.05, 4.69) is 31.0 Å². The van der Waals surface area contributed by atoms with Crippen LogP contribution in [0.2, 0.25) is 0 Å². The lowest BCUT2D eigenvalue weighted by atomic mass is 10.0. The molecule has 0 unspecified atom stereocenters. The van der Waals surface area contributed by atoms with Crippen molar-refractivity contribution < 1.29 is 14.8 Å². The second kappa shape index (κ2) is 8.92. The summed E-state index contributed by atoms with van der Waals surface area (Å²) in [6, 6.07) is 7.71. The van der Waals surface area contributed by atoms with Gasteiger partial charge in [0.05, 0.1) is 31.9 Å². The zero-order chi connectivity index (χ0) is 17.5. The Hall–Kier alpha value is -1.75. The van der Waals surface area contributed by atoms with Crippen LogP contribution in [0.25, 0.3) is 0 Å². The van der Waals surface area contributed by atoms with Gasteiger partial charge in [-0.1, -0.05) is 26.0 Å². The number of benzene rings is 1. The van der Waals surface area contributed by atoms with Gasteiger partial charge in [0.15, 0.2) is 6.54 Å². The van der Waals surface area contributed by atoms with Crippen molar-refractivity contribution in [3.8, 4) is 5.75 Å². The number of rotatable bonds is 7. The van der Waals surface area contributed by atoms with Gasteiger partial charge >= 0.3 is 0 Å². The maximum absolute atomic E-state index is 12.2. The Labute approximate surface area is 145 Å². The SMILES string of the molecule is CC(C)CC[C@H](C)NC(=O)C[NH+]1CCN(c2ccccc2O)CC1. The van der Waals surface area contributed by atoms with Gasteiger partial charge in [-0.25, -0.2) is 0 Å². The highest BCUT2D eigenvalue weighted by Crippen LogP contribution is 2.25. The summed E-state index contributed by atoms with van der Waals surface area (Å²) in [7, 11) is 0. The van der Waals surface area contributed by atoms with Crippen LogP contribution in [0, 0.1) is 5.92 Å². The Bertz CT molecular complexity index is 525. The molecule has 0 aromatic heterocycles. The lowest BCUT2D eigenvalue weighted by molar-refractivity contribution is -0.892. The van der Waals surface area contributed by atoms with Crippen LogP contribution >= 0.6 is 0 Å². The first kappa shape index (κ1) is 18.6. The van der Waals surface area contributed by atoms with E-state index in [-0.39, 0.29) is 11.9 Å². The molecule has 134 valence electrons. The van der Waals surface area contributed by atoms with Gasteiger partial charge in [0.1, 0.15) is 5.75 Å². The number of amides is 1. The summed E-state index contributed by atoms with van der Waals surface area (Å²) in [6.07, 6.45) is 2.19. The number of hydrogen-bond donors (Lipinski definition) is 3. The second-order valence-corrected chi connectivity index (χ2v) is 7.34. The summed E-state index contributed by atoms with van der Waals surface area (Å²) in [5.74, 6) is 1.16. The van der Waals surface area contributed by atoms with Crippen molar-refractivity contribution in [1.82, 2.24) is 5.32 Å². The van der Waals surface area contributed by atoms with Crippen molar-refractivity contribution in [2.45, 2.75) is 39.7 Å². The number of aromatic hydroxyl groups is 1. The van der Waals surface area contributed by atoms with E-state index in [4.69, 9.17) is 0 Å². The maximum atomic E-state index is 12.2. The number of carbonyl (C=O) groups is 1. The van der Waals surface area contributed by atoms with E-state index in [1.54, 1.807) is 6.07 Å². The smallest absolute Gasteiger partial charge is 0.275 e. The third-order valence-electron chi connectivity index (χ3n) is 4.69. The number of nitrogens with zero attached hydrogens (tertiary/aromatic N) is 1. The molecular formula is C19H32N3O2+. The summed E-state index contributed by atoms with van der Waals surface area (Å²) >= 11 is 0. The Morgan fingerprint density at radius 3 is 2.50 bits per heavy atom. The Morgan fingerprint density at radius 2 is 1.88 bits per heavy atom. The summed E-state index contributed by atoms with van der Waals surface area (Å²) in [5, 5.41) is 13.1. The van der Waals surface area contributed by atoms with Crippen molar-refractivity contribution >= 4 is 11.6 Å². The topological polar surface area (TPSA) is 57.0 Å². The molecular weight excluding hydrogens is 302 g/mol. The first-order chi connectivity index (χ1) is 11.5. The lowest BCUT2D eigenvalue weighted by Crippen LogP contribution is -3.16. The van der Waals surface area contributed by atoms with Crippen LogP contribution in [0.5, 0.6) is 5.75 Å². The van der Waals surface area contributed by atoms with Crippen LogP contribution < -0.4 is 15.1 Å². The summed E-state index contributed by atoms with van der Waals surface area (Å²) in [6.45, 7) is 10.6. The molecule has 1 amide bonds. The van der Waals surface area contributed by atoms with Crippen LogP contribution in [0.1, 0.15) is 33.6 Å². The quantitative estimate of drug-likeness (QED) is 0.698. The Kier molecular flexibility index (Phi) is 6.91. The van der Waals surface area contributed by atoms with Gasteiger partial charge in [-0.2, -0.15) is 0 Å². The first-order valence-electron chi connectivity index (χ1n) is 9.11. The average molecular weight is 334 g/mol. The van der Waals surface area contributed by atoms with Gasteiger partial charge in [0.25, 0.3) is 5.91 Å². The molecule has 1 saturated heterocycles. The largest absolute Gasteiger partial charge is 0.506 e. The average Bonchev–Trinajstić information content (AvgIpc) is 2.54. The lowest BCUT2D eigenvalue weighted by Gasteiger charge is -2.33. The van der Waals surface area contributed by atoms with Crippen molar-refractivity contribution in [3.05, 3.63) is 24.3 Å². The molecule has 0 radical (unpaired) electrons. The van der Waals surface area contributed by atoms with Gasteiger partial charge in [-0.15, -0.1) is 0 Å². The van der Waals surface area contributed by atoms with E-state index < -0.39 is 0 Å². The third-order valence-corrected chi connectivity index (χ3v) is 4.69. The van der Waals surface area contributed by atoms with E-state index in [0.717, 1.165) is 44.7 Å². The number of phenols is 1. The minimum atomic E-state index is 0.150. The first-order valence-corrected chi connectivity index (χ1v) is 9.11. The summed E-state index contributed by atoms with van der Waals surface area (Å²) in [4.78, 5) is 15.7. The fraction of sp³-hybridized carbons (Fsp3) is 0.632. The van der Waals surface area contributed by atoms with Gasteiger partial charge in [0.2, 0.25) is 0 Å². The van der Waals surface area contributed by atoms with Crippen LogP contribution in [0.4, 0.5) is 5.69 Å². The zero-order valence-electron chi connectivity index (χ0n) is 15.2. The molecule has 1 aromatic carbocycles. The van der Waals surface area contributed by atoms with Crippen LogP contribution in [-0.2, 0) is 4.79 Å². The van der Waals surface area contributed by atoms with Crippen molar-refractivity contribution in [2.24, 2.45) is 5.92 Å². The van der Waals surface area contributed by atoms with Crippen LogP contribution in [0.15, 0.2) is 24.3 Å². The highest BCUT2D eigenvalue weighted by molar-refractivity contribution is 5.77. The number of piperazine rings is 1. The zero-order valence-corrected chi connectivity index (χ0v) is 15.2. The molecule has 0 saturated carbocycles. The number of para-hydroxylation sites is 2. The molecule has 1 heterocycles. The standard InChI is InChI=1S/C19H31N3O2/c1-15(2)8-9-16(3)20-19(24)14-21-10-12-22(13-11-21)17-6-4-5-7-18(17)23/h4-7,15-16,23H,8-14H2,1-3H3,(H,20,24)/p+1/t16-/m0/s1. The van der Waals surface area contributed by atoms with Crippen molar-refractivity contribution in [2.75, 3.05) is 37.6 Å².